The Balaban J connectivity index is 2.84. The summed E-state index contributed by atoms with van der Waals surface area (Å²) in [5.41, 5.74) is 1.93. The lowest BCUT2D eigenvalue weighted by Crippen LogP contribution is -2.41. The lowest BCUT2D eigenvalue weighted by molar-refractivity contribution is -0.134. The fraction of sp³-hybridized carbons (Fsp3) is 0.273. The van der Waals surface area contributed by atoms with Gasteiger partial charge in [0.1, 0.15) is 8.07 Å². The molecule has 0 aliphatic rings. The van der Waals surface area contributed by atoms with E-state index in [0.717, 1.165) is 5.32 Å². The number of pyridine rings is 1. The van der Waals surface area contributed by atoms with Gasteiger partial charge in [-0.3, -0.25) is 4.98 Å². The predicted molar refractivity (Wildman–Crippen MR) is 62.5 cm³/mol. The minimum atomic E-state index is -1.75. The van der Waals surface area contributed by atoms with Gasteiger partial charge in [-0.25, -0.2) is 4.79 Å². The summed E-state index contributed by atoms with van der Waals surface area (Å²) < 4.78 is 4.56. The van der Waals surface area contributed by atoms with Gasteiger partial charge in [0.05, 0.1) is 7.11 Å². The first-order chi connectivity index (χ1) is 7.06. The molecule has 0 aliphatic heterocycles. The van der Waals surface area contributed by atoms with E-state index in [9.17, 15) is 4.79 Å². The molecule has 1 aromatic rings. The molecule has 4 heteroatoms. The van der Waals surface area contributed by atoms with E-state index in [4.69, 9.17) is 0 Å². The number of aromatic nitrogens is 1. The first kappa shape index (κ1) is 11.7. The molecule has 0 radical (unpaired) electrons. The number of methoxy groups -OCH3 is 1. The van der Waals surface area contributed by atoms with Crippen LogP contribution in [0.15, 0.2) is 36.2 Å². The first-order valence-electron chi connectivity index (χ1n) is 4.75. The quantitative estimate of drug-likeness (QED) is 0.438. The summed E-state index contributed by atoms with van der Waals surface area (Å²) in [6.07, 6.45) is 3.26. The second kappa shape index (κ2) is 4.88. The van der Waals surface area contributed by atoms with Crippen molar-refractivity contribution in [3.8, 4) is 0 Å². The molecule has 0 amide bonds. The van der Waals surface area contributed by atoms with Crippen LogP contribution >= 0.6 is 0 Å². The third-order valence-corrected chi connectivity index (χ3v) is 4.78. The topological polar surface area (TPSA) is 39.2 Å². The summed E-state index contributed by atoms with van der Waals surface area (Å²) in [5.74, 6) is -0.313. The van der Waals surface area contributed by atoms with Crippen molar-refractivity contribution in [2.45, 2.75) is 13.1 Å². The van der Waals surface area contributed by atoms with Crippen LogP contribution in [0.25, 0.3) is 0 Å². The number of carbonyl (C=O) groups is 1. The number of nitrogens with zero attached hydrogens (tertiary/aromatic N) is 1. The van der Waals surface area contributed by atoms with Crippen LogP contribution in [-0.4, -0.2) is 26.1 Å². The Morgan fingerprint density at radius 3 is 2.73 bits per heavy atom. The highest BCUT2D eigenvalue weighted by molar-refractivity contribution is 6.93. The SMILES string of the molecule is COC(=O)/C=C/[Si](C)(C)c1ccccn1. The van der Waals surface area contributed by atoms with E-state index >= 15 is 0 Å². The average Bonchev–Trinajstić information content (AvgIpc) is 2.27. The van der Waals surface area contributed by atoms with Crippen molar-refractivity contribution in [1.82, 2.24) is 4.98 Å². The van der Waals surface area contributed by atoms with Crippen molar-refractivity contribution in [1.29, 1.82) is 0 Å². The summed E-state index contributed by atoms with van der Waals surface area (Å²) in [4.78, 5) is 15.3. The van der Waals surface area contributed by atoms with Crippen molar-refractivity contribution in [2.24, 2.45) is 0 Å². The first-order valence-corrected chi connectivity index (χ1v) is 7.83. The zero-order chi connectivity index (χ0) is 11.3. The third-order valence-electron chi connectivity index (χ3n) is 2.16. The second-order valence-corrected chi connectivity index (χ2v) is 8.08. The molecule has 1 heterocycles. The molecule has 0 N–H and O–H groups in total. The van der Waals surface area contributed by atoms with Crippen molar-refractivity contribution in [3.05, 3.63) is 36.2 Å². The molecule has 0 fully saturated rings. The number of esters is 1. The van der Waals surface area contributed by atoms with E-state index < -0.39 is 8.07 Å². The maximum Gasteiger partial charge on any atom is 0.329 e. The van der Waals surface area contributed by atoms with Gasteiger partial charge in [0.15, 0.2) is 0 Å². The second-order valence-electron chi connectivity index (χ2n) is 3.79. The molecule has 3 nitrogen and oxygen atoms in total. The van der Waals surface area contributed by atoms with Gasteiger partial charge in [-0.2, -0.15) is 0 Å². The van der Waals surface area contributed by atoms with Crippen LogP contribution in [0.4, 0.5) is 0 Å². The summed E-state index contributed by atoms with van der Waals surface area (Å²) >= 11 is 0. The van der Waals surface area contributed by atoms with Crippen LogP contribution in [0.5, 0.6) is 0 Å². The van der Waals surface area contributed by atoms with E-state index in [1.807, 2.05) is 23.9 Å². The molecule has 0 saturated heterocycles. The van der Waals surface area contributed by atoms with Gasteiger partial charge in [0.2, 0.25) is 0 Å². The van der Waals surface area contributed by atoms with Gasteiger partial charge >= 0.3 is 5.97 Å². The molecule has 0 spiro atoms. The number of carbonyl (C=O) groups excluding carboxylic acids is 1. The van der Waals surface area contributed by atoms with Crippen LogP contribution in [0.1, 0.15) is 0 Å². The van der Waals surface area contributed by atoms with Gasteiger partial charge < -0.3 is 4.74 Å². The summed E-state index contributed by atoms with van der Waals surface area (Å²) in [6.45, 7) is 4.27. The summed E-state index contributed by atoms with van der Waals surface area (Å²) in [6, 6.07) is 5.84. The zero-order valence-electron chi connectivity index (χ0n) is 9.23. The van der Waals surface area contributed by atoms with Crippen molar-refractivity contribution in [2.75, 3.05) is 7.11 Å². The predicted octanol–water partition coefficient (Wildman–Crippen LogP) is 1.27. The van der Waals surface area contributed by atoms with Crippen LogP contribution in [0.3, 0.4) is 0 Å². The van der Waals surface area contributed by atoms with Gasteiger partial charge in [-0.05, 0) is 12.1 Å². The molecule has 0 unspecified atom stereocenters. The number of hydrogen-bond acceptors (Lipinski definition) is 3. The van der Waals surface area contributed by atoms with Crippen LogP contribution in [0, 0.1) is 0 Å². The van der Waals surface area contributed by atoms with E-state index in [2.05, 4.69) is 22.8 Å². The Kier molecular flexibility index (Phi) is 3.79. The molecule has 0 saturated carbocycles. The van der Waals surface area contributed by atoms with Gasteiger partial charge in [-0.1, -0.05) is 24.9 Å². The van der Waals surface area contributed by atoms with E-state index in [1.165, 1.54) is 13.2 Å². The molecule has 0 atom stereocenters. The molecule has 0 aliphatic carbocycles. The van der Waals surface area contributed by atoms with Crippen molar-refractivity contribution in [3.63, 3.8) is 0 Å². The minimum absolute atomic E-state index is 0.313. The summed E-state index contributed by atoms with van der Waals surface area (Å²) in [7, 11) is -0.374. The van der Waals surface area contributed by atoms with Crippen molar-refractivity contribution >= 4 is 19.4 Å². The highest BCUT2D eigenvalue weighted by atomic mass is 28.3. The molecule has 15 heavy (non-hydrogen) atoms. The molecule has 80 valence electrons. The zero-order valence-corrected chi connectivity index (χ0v) is 10.2. The van der Waals surface area contributed by atoms with E-state index in [1.54, 1.807) is 6.20 Å². The molecular weight excluding hydrogens is 206 g/mol. The molecular formula is C11H15NO2Si. The Hall–Kier alpha value is -1.42. The lowest BCUT2D eigenvalue weighted by atomic mass is 10.5. The Bertz CT molecular complexity index is 360. The molecule has 1 aromatic heterocycles. The van der Waals surface area contributed by atoms with E-state index in [-0.39, 0.29) is 5.97 Å². The van der Waals surface area contributed by atoms with Crippen LogP contribution in [-0.2, 0) is 9.53 Å². The lowest BCUT2D eigenvalue weighted by Gasteiger charge is -2.16. The highest BCUT2D eigenvalue weighted by Crippen LogP contribution is 2.03. The highest BCUT2D eigenvalue weighted by Gasteiger charge is 2.21. The Morgan fingerprint density at radius 2 is 2.20 bits per heavy atom. The standard InChI is InChI=1S/C11H15NO2Si/c1-14-11(13)7-9-15(2,3)10-6-4-5-8-12-10/h4-9H,1-3H3/b9-7+. The smallest absolute Gasteiger partial charge is 0.329 e. The Labute approximate surface area is 90.8 Å². The monoisotopic (exact) mass is 221 g/mol. The fourth-order valence-electron chi connectivity index (χ4n) is 1.17. The van der Waals surface area contributed by atoms with Gasteiger partial charge in [-0.15, -0.1) is 0 Å². The van der Waals surface area contributed by atoms with Crippen LogP contribution < -0.4 is 5.32 Å². The third kappa shape index (κ3) is 3.32. The average molecular weight is 221 g/mol. The van der Waals surface area contributed by atoms with Gasteiger partial charge in [0, 0.05) is 17.6 Å². The molecule has 0 aromatic carbocycles. The number of hydrogen-bond donors (Lipinski definition) is 0. The fourth-order valence-corrected chi connectivity index (χ4v) is 2.83. The summed E-state index contributed by atoms with van der Waals surface area (Å²) in [5, 5.41) is 1.06. The minimum Gasteiger partial charge on any atom is -0.466 e. The van der Waals surface area contributed by atoms with Crippen LogP contribution in [0.2, 0.25) is 13.1 Å². The van der Waals surface area contributed by atoms with Crippen molar-refractivity contribution < 1.29 is 9.53 Å². The van der Waals surface area contributed by atoms with Gasteiger partial charge in [0.25, 0.3) is 0 Å². The maximum absolute atomic E-state index is 11.0. The van der Waals surface area contributed by atoms with E-state index in [0.29, 0.717) is 0 Å². The number of rotatable bonds is 3. The normalized spacial score (nSPS) is 11.7. The maximum atomic E-state index is 11.0. The molecule has 0 bridgehead atoms. The molecule has 1 rings (SSSR count). The number of ether oxygens (including phenoxy) is 1. The Morgan fingerprint density at radius 1 is 1.47 bits per heavy atom. The largest absolute Gasteiger partial charge is 0.466 e.